The van der Waals surface area contributed by atoms with Gasteiger partial charge in [0.2, 0.25) is 0 Å². The highest BCUT2D eigenvalue weighted by molar-refractivity contribution is 6.22. The molecular formula is C22H24N4O3. The molecule has 0 aliphatic carbocycles. The van der Waals surface area contributed by atoms with Gasteiger partial charge in [0.1, 0.15) is 0 Å². The largest absolute Gasteiger partial charge is 0.368 e. The number of urea groups is 1. The summed E-state index contributed by atoms with van der Waals surface area (Å²) in [6.07, 6.45) is 0. The van der Waals surface area contributed by atoms with Crippen molar-refractivity contribution in [2.45, 2.75) is 19.9 Å². The summed E-state index contributed by atoms with van der Waals surface area (Å²) in [4.78, 5) is 42.8. The molecule has 29 heavy (non-hydrogen) atoms. The van der Waals surface area contributed by atoms with Gasteiger partial charge in [-0.25, -0.2) is 4.79 Å². The number of nitrogens with one attached hydrogen (secondary N) is 1. The summed E-state index contributed by atoms with van der Waals surface area (Å²) >= 11 is 0. The van der Waals surface area contributed by atoms with Gasteiger partial charge in [-0.15, -0.1) is 0 Å². The minimum atomic E-state index is -0.312. The van der Waals surface area contributed by atoms with Crippen LogP contribution in [0.3, 0.4) is 0 Å². The molecule has 0 radical (unpaired) electrons. The Morgan fingerprint density at radius 2 is 1.55 bits per heavy atom. The van der Waals surface area contributed by atoms with Gasteiger partial charge in [0.15, 0.2) is 0 Å². The van der Waals surface area contributed by atoms with Crippen molar-refractivity contribution in [3.05, 3.63) is 59.7 Å². The fraction of sp³-hybridized carbons (Fsp3) is 0.318. The van der Waals surface area contributed by atoms with Crippen LogP contribution in [0.1, 0.15) is 34.6 Å². The summed E-state index contributed by atoms with van der Waals surface area (Å²) < 4.78 is 0. The Bertz CT molecular complexity index is 950. The lowest BCUT2D eigenvalue weighted by Gasteiger charge is -2.36. The van der Waals surface area contributed by atoms with Gasteiger partial charge in [0.25, 0.3) is 11.8 Å². The summed E-state index contributed by atoms with van der Waals surface area (Å²) in [6, 6.07) is 14.6. The fourth-order valence-corrected chi connectivity index (χ4v) is 3.82. The first-order valence-electron chi connectivity index (χ1n) is 9.83. The van der Waals surface area contributed by atoms with Gasteiger partial charge < -0.3 is 15.1 Å². The van der Waals surface area contributed by atoms with E-state index in [0.29, 0.717) is 29.9 Å². The molecule has 0 bridgehead atoms. The van der Waals surface area contributed by atoms with E-state index in [9.17, 15) is 14.4 Å². The molecule has 1 N–H and O–H groups in total. The Morgan fingerprint density at radius 3 is 2.21 bits per heavy atom. The molecular weight excluding hydrogens is 368 g/mol. The molecule has 1 saturated heterocycles. The number of para-hydroxylation sites is 1. The van der Waals surface area contributed by atoms with Crippen LogP contribution in [0.25, 0.3) is 0 Å². The lowest BCUT2D eigenvalue weighted by molar-refractivity contribution is 0.0609. The van der Waals surface area contributed by atoms with E-state index in [4.69, 9.17) is 0 Å². The summed E-state index contributed by atoms with van der Waals surface area (Å²) in [7, 11) is 0. The Morgan fingerprint density at radius 1 is 0.897 bits per heavy atom. The molecule has 2 aromatic carbocycles. The highest BCUT2D eigenvalue weighted by Gasteiger charge is 2.37. The zero-order valence-electron chi connectivity index (χ0n) is 16.6. The number of imide groups is 1. The second kappa shape index (κ2) is 7.58. The maximum absolute atomic E-state index is 12.7. The van der Waals surface area contributed by atoms with Crippen molar-refractivity contribution in [2.24, 2.45) is 0 Å². The summed E-state index contributed by atoms with van der Waals surface area (Å²) in [5.41, 5.74) is 2.41. The number of hydrogen-bond donors (Lipinski definition) is 1. The van der Waals surface area contributed by atoms with E-state index in [1.165, 1.54) is 4.90 Å². The molecule has 0 saturated carbocycles. The van der Waals surface area contributed by atoms with Gasteiger partial charge >= 0.3 is 6.03 Å². The maximum Gasteiger partial charge on any atom is 0.321 e. The zero-order valence-corrected chi connectivity index (χ0v) is 16.6. The molecule has 0 unspecified atom stereocenters. The third kappa shape index (κ3) is 3.55. The summed E-state index contributed by atoms with van der Waals surface area (Å²) in [5.74, 6) is -0.595. The van der Waals surface area contributed by atoms with Gasteiger partial charge in [0, 0.05) is 43.6 Å². The van der Waals surface area contributed by atoms with Crippen molar-refractivity contribution in [2.75, 3.05) is 36.4 Å². The molecule has 0 atom stereocenters. The quantitative estimate of drug-likeness (QED) is 0.815. The van der Waals surface area contributed by atoms with Crippen LogP contribution in [0, 0.1) is 0 Å². The summed E-state index contributed by atoms with van der Waals surface area (Å²) in [6.45, 7) is 6.36. The Labute approximate surface area is 169 Å². The number of rotatable bonds is 3. The molecule has 1 fully saturated rings. The van der Waals surface area contributed by atoms with Crippen molar-refractivity contribution in [1.29, 1.82) is 0 Å². The predicted molar refractivity (Wildman–Crippen MR) is 111 cm³/mol. The summed E-state index contributed by atoms with van der Waals surface area (Å²) in [5, 5.41) is 2.86. The molecule has 2 heterocycles. The molecule has 7 heteroatoms. The van der Waals surface area contributed by atoms with Gasteiger partial charge in [-0.1, -0.05) is 18.2 Å². The van der Waals surface area contributed by atoms with Crippen LogP contribution in [0.5, 0.6) is 0 Å². The van der Waals surface area contributed by atoms with Gasteiger partial charge in [-0.2, -0.15) is 0 Å². The Kier molecular flexibility index (Phi) is 4.96. The predicted octanol–water partition coefficient (Wildman–Crippen LogP) is 3.05. The second-order valence-corrected chi connectivity index (χ2v) is 7.57. The van der Waals surface area contributed by atoms with Crippen LogP contribution in [-0.4, -0.2) is 59.9 Å². The number of hydrogen-bond acceptors (Lipinski definition) is 4. The highest BCUT2D eigenvalue weighted by Crippen LogP contribution is 2.27. The highest BCUT2D eigenvalue weighted by atomic mass is 16.2. The number of piperazine rings is 1. The lowest BCUT2D eigenvalue weighted by Crippen LogP contribution is -2.50. The van der Waals surface area contributed by atoms with Crippen LogP contribution >= 0.6 is 0 Å². The minimum Gasteiger partial charge on any atom is -0.368 e. The van der Waals surface area contributed by atoms with Crippen molar-refractivity contribution in [1.82, 2.24) is 9.80 Å². The van der Waals surface area contributed by atoms with E-state index in [2.05, 4.69) is 22.3 Å². The van der Waals surface area contributed by atoms with Gasteiger partial charge in [-0.3, -0.25) is 14.5 Å². The van der Waals surface area contributed by atoms with Crippen LogP contribution in [0.4, 0.5) is 16.2 Å². The van der Waals surface area contributed by atoms with Crippen LogP contribution in [0.15, 0.2) is 48.5 Å². The number of fused-ring (bicyclic) bond motifs is 1. The van der Waals surface area contributed by atoms with Crippen molar-refractivity contribution < 1.29 is 14.4 Å². The molecule has 0 aromatic heterocycles. The average Bonchev–Trinajstić information content (AvgIpc) is 2.98. The molecule has 4 rings (SSSR count). The Hall–Kier alpha value is -3.35. The van der Waals surface area contributed by atoms with E-state index < -0.39 is 0 Å². The smallest absolute Gasteiger partial charge is 0.321 e. The maximum atomic E-state index is 12.7. The normalized spacial score (nSPS) is 16.4. The second-order valence-electron chi connectivity index (χ2n) is 7.57. The first-order valence-corrected chi connectivity index (χ1v) is 9.83. The van der Waals surface area contributed by atoms with E-state index in [1.807, 2.05) is 18.2 Å². The molecule has 4 amide bonds. The number of anilines is 2. The van der Waals surface area contributed by atoms with E-state index >= 15 is 0 Å². The van der Waals surface area contributed by atoms with E-state index in [0.717, 1.165) is 18.8 Å². The topological polar surface area (TPSA) is 73.0 Å². The number of benzene rings is 2. The van der Waals surface area contributed by atoms with E-state index in [-0.39, 0.29) is 23.9 Å². The molecule has 2 aliphatic heterocycles. The van der Waals surface area contributed by atoms with E-state index in [1.54, 1.807) is 36.9 Å². The first kappa shape index (κ1) is 19.0. The number of carbonyl (C=O) groups excluding carboxylic acids is 3. The molecule has 7 nitrogen and oxygen atoms in total. The number of amides is 4. The van der Waals surface area contributed by atoms with Gasteiger partial charge in [0.05, 0.1) is 11.1 Å². The molecule has 150 valence electrons. The van der Waals surface area contributed by atoms with Crippen molar-refractivity contribution in [3.63, 3.8) is 0 Å². The molecule has 0 spiro atoms. The van der Waals surface area contributed by atoms with Crippen LogP contribution in [-0.2, 0) is 0 Å². The van der Waals surface area contributed by atoms with Crippen molar-refractivity contribution in [3.8, 4) is 0 Å². The van der Waals surface area contributed by atoms with Crippen LogP contribution < -0.4 is 10.2 Å². The molecule has 2 aromatic rings. The third-order valence-electron chi connectivity index (χ3n) is 5.37. The number of nitrogens with zero attached hydrogens (tertiary/aromatic N) is 3. The van der Waals surface area contributed by atoms with Gasteiger partial charge in [-0.05, 0) is 44.2 Å². The first-order chi connectivity index (χ1) is 14.0. The average molecular weight is 392 g/mol. The SMILES string of the molecule is CC(C)N1C(=O)c2ccc(NC(=O)N3CCN(c4ccccc4)CC3)cc2C1=O. The zero-order chi connectivity index (χ0) is 20.5. The third-order valence-corrected chi connectivity index (χ3v) is 5.37. The Balaban J connectivity index is 1.40. The molecule has 2 aliphatic rings. The monoisotopic (exact) mass is 392 g/mol. The van der Waals surface area contributed by atoms with Crippen LogP contribution in [0.2, 0.25) is 0 Å². The van der Waals surface area contributed by atoms with Crippen molar-refractivity contribution >= 4 is 29.2 Å². The lowest BCUT2D eigenvalue weighted by atomic mass is 10.1. The fourth-order valence-electron chi connectivity index (χ4n) is 3.82. The standard InChI is InChI=1S/C22H24N4O3/c1-15(2)26-20(27)18-9-8-16(14-19(18)21(26)28)23-22(29)25-12-10-24(11-13-25)17-6-4-3-5-7-17/h3-9,14-15H,10-13H2,1-2H3,(H,23,29). The number of carbonyl (C=O) groups is 3. The minimum absolute atomic E-state index is 0.199.